The zero-order chi connectivity index (χ0) is 17.7. The van der Waals surface area contributed by atoms with Gasteiger partial charge in [0.05, 0.1) is 31.2 Å². The lowest BCUT2D eigenvalue weighted by Gasteiger charge is -2.30. The minimum Gasteiger partial charge on any atom is -0.383 e. The summed E-state index contributed by atoms with van der Waals surface area (Å²) in [4.78, 5) is 27.3. The Balaban J connectivity index is 1.68. The Labute approximate surface area is 147 Å². The minimum absolute atomic E-state index is 0.217. The number of methoxy groups -OCH3 is 1. The molecule has 2 aliphatic rings. The normalized spacial score (nSPS) is 18.5. The van der Waals surface area contributed by atoms with Crippen molar-refractivity contribution in [2.24, 2.45) is 5.41 Å². The molecule has 2 N–H and O–H groups in total. The summed E-state index contributed by atoms with van der Waals surface area (Å²) in [6.45, 7) is 3.77. The maximum Gasteiger partial charge on any atom is 0.240 e. The van der Waals surface area contributed by atoms with Crippen LogP contribution >= 0.6 is 0 Å². The fourth-order valence-corrected chi connectivity index (χ4v) is 3.02. The number of para-hydroxylation sites is 2. The van der Waals surface area contributed by atoms with Gasteiger partial charge in [-0.2, -0.15) is 0 Å². The van der Waals surface area contributed by atoms with Gasteiger partial charge in [-0.1, -0.05) is 12.1 Å². The number of nitrogens with zero attached hydrogens (tertiary/aromatic N) is 1. The number of morpholine rings is 1. The summed E-state index contributed by atoms with van der Waals surface area (Å²) in [6, 6.07) is 7.70. The standard InChI is InChI=1S/C18H25N3O4/c1-24-11-8-19-16(22)18(6-7-18)17(23)20-14-4-2-3-5-15(14)21-9-12-25-13-10-21/h2-5H,6-13H2,1H3,(H,19,22)(H,20,23). The first-order valence-corrected chi connectivity index (χ1v) is 8.68. The van der Waals surface area contributed by atoms with Crippen molar-refractivity contribution in [3.05, 3.63) is 24.3 Å². The third-order valence-corrected chi connectivity index (χ3v) is 4.72. The summed E-state index contributed by atoms with van der Waals surface area (Å²) >= 11 is 0. The van der Waals surface area contributed by atoms with Gasteiger partial charge in [0.25, 0.3) is 0 Å². The molecule has 1 aliphatic heterocycles. The summed E-state index contributed by atoms with van der Waals surface area (Å²) in [5, 5.41) is 5.75. The molecule has 1 saturated carbocycles. The fraction of sp³-hybridized carbons (Fsp3) is 0.556. The van der Waals surface area contributed by atoms with Gasteiger partial charge in [0.15, 0.2) is 0 Å². The van der Waals surface area contributed by atoms with Crippen molar-refractivity contribution in [1.82, 2.24) is 5.32 Å². The molecule has 1 heterocycles. The number of rotatable bonds is 7. The van der Waals surface area contributed by atoms with Crippen LogP contribution < -0.4 is 15.5 Å². The van der Waals surface area contributed by atoms with E-state index in [1.54, 1.807) is 7.11 Å². The number of carbonyl (C=O) groups excluding carboxylic acids is 2. The lowest BCUT2D eigenvalue weighted by Crippen LogP contribution is -2.41. The largest absolute Gasteiger partial charge is 0.383 e. The Morgan fingerprint density at radius 1 is 1.20 bits per heavy atom. The number of hydrogen-bond donors (Lipinski definition) is 2. The molecule has 2 amide bonds. The Bertz CT molecular complexity index is 625. The van der Waals surface area contributed by atoms with Gasteiger partial charge in [-0.05, 0) is 25.0 Å². The van der Waals surface area contributed by atoms with Crippen LogP contribution in [0.4, 0.5) is 11.4 Å². The average molecular weight is 347 g/mol. The van der Waals surface area contributed by atoms with E-state index in [0.717, 1.165) is 24.5 Å². The van der Waals surface area contributed by atoms with Crippen molar-refractivity contribution in [3.8, 4) is 0 Å². The monoisotopic (exact) mass is 347 g/mol. The predicted octanol–water partition coefficient (Wildman–Crippen LogP) is 1.00. The molecule has 0 bridgehead atoms. The van der Waals surface area contributed by atoms with Crippen molar-refractivity contribution in [2.45, 2.75) is 12.8 Å². The average Bonchev–Trinajstić information content (AvgIpc) is 3.45. The topological polar surface area (TPSA) is 79.9 Å². The van der Waals surface area contributed by atoms with Gasteiger partial charge in [-0.25, -0.2) is 0 Å². The van der Waals surface area contributed by atoms with Gasteiger partial charge < -0.3 is 25.0 Å². The number of anilines is 2. The Morgan fingerprint density at radius 2 is 1.92 bits per heavy atom. The van der Waals surface area contributed by atoms with Crippen LogP contribution in [0.25, 0.3) is 0 Å². The van der Waals surface area contributed by atoms with E-state index >= 15 is 0 Å². The van der Waals surface area contributed by atoms with E-state index in [1.165, 1.54) is 0 Å². The molecule has 7 heteroatoms. The Morgan fingerprint density at radius 3 is 2.60 bits per heavy atom. The molecule has 25 heavy (non-hydrogen) atoms. The van der Waals surface area contributed by atoms with Crippen LogP contribution in [-0.2, 0) is 19.1 Å². The summed E-state index contributed by atoms with van der Waals surface area (Å²) in [5.41, 5.74) is 0.770. The Hall–Kier alpha value is -2.12. The van der Waals surface area contributed by atoms with E-state index in [0.29, 0.717) is 39.2 Å². The van der Waals surface area contributed by atoms with Gasteiger partial charge in [-0.3, -0.25) is 9.59 Å². The quantitative estimate of drug-likeness (QED) is 0.568. The molecule has 136 valence electrons. The van der Waals surface area contributed by atoms with Gasteiger partial charge in [0.2, 0.25) is 11.8 Å². The maximum atomic E-state index is 12.8. The van der Waals surface area contributed by atoms with Crippen molar-refractivity contribution in [1.29, 1.82) is 0 Å². The second-order valence-electron chi connectivity index (χ2n) is 6.40. The third-order valence-electron chi connectivity index (χ3n) is 4.72. The zero-order valence-electron chi connectivity index (χ0n) is 14.5. The van der Waals surface area contributed by atoms with Crippen LogP contribution in [0.3, 0.4) is 0 Å². The van der Waals surface area contributed by atoms with E-state index in [4.69, 9.17) is 9.47 Å². The molecule has 0 atom stereocenters. The molecule has 1 aliphatic carbocycles. The molecule has 0 spiro atoms. The van der Waals surface area contributed by atoms with Crippen molar-refractivity contribution < 1.29 is 19.1 Å². The van der Waals surface area contributed by atoms with Crippen LogP contribution in [0, 0.1) is 5.41 Å². The number of carbonyl (C=O) groups is 2. The van der Waals surface area contributed by atoms with Crippen LogP contribution in [0.2, 0.25) is 0 Å². The van der Waals surface area contributed by atoms with E-state index in [1.807, 2.05) is 24.3 Å². The number of benzene rings is 1. The number of amides is 2. The SMILES string of the molecule is COCCNC(=O)C1(C(=O)Nc2ccccc2N2CCOCC2)CC1. The highest BCUT2D eigenvalue weighted by Gasteiger charge is 2.56. The molecule has 0 unspecified atom stereocenters. The minimum atomic E-state index is -0.939. The molecule has 1 aromatic carbocycles. The molecular formula is C18H25N3O4. The van der Waals surface area contributed by atoms with E-state index in [2.05, 4.69) is 15.5 Å². The molecule has 2 fully saturated rings. The molecule has 7 nitrogen and oxygen atoms in total. The fourth-order valence-electron chi connectivity index (χ4n) is 3.02. The highest BCUT2D eigenvalue weighted by molar-refractivity contribution is 6.13. The van der Waals surface area contributed by atoms with Crippen molar-refractivity contribution in [3.63, 3.8) is 0 Å². The molecule has 3 rings (SSSR count). The van der Waals surface area contributed by atoms with Crippen LogP contribution in [0.1, 0.15) is 12.8 Å². The lowest BCUT2D eigenvalue weighted by atomic mass is 10.0. The van der Waals surface area contributed by atoms with Gasteiger partial charge in [0.1, 0.15) is 5.41 Å². The molecule has 1 aromatic rings. The molecular weight excluding hydrogens is 322 g/mol. The lowest BCUT2D eigenvalue weighted by molar-refractivity contribution is -0.134. The zero-order valence-corrected chi connectivity index (χ0v) is 14.5. The van der Waals surface area contributed by atoms with E-state index in [9.17, 15) is 9.59 Å². The number of nitrogens with one attached hydrogen (secondary N) is 2. The van der Waals surface area contributed by atoms with E-state index < -0.39 is 5.41 Å². The summed E-state index contributed by atoms with van der Waals surface area (Å²) in [6.07, 6.45) is 1.16. The molecule has 1 saturated heterocycles. The summed E-state index contributed by atoms with van der Waals surface area (Å²) < 4.78 is 10.3. The van der Waals surface area contributed by atoms with Crippen LogP contribution in [0.15, 0.2) is 24.3 Å². The highest BCUT2D eigenvalue weighted by atomic mass is 16.5. The maximum absolute atomic E-state index is 12.8. The molecule has 0 radical (unpaired) electrons. The number of hydrogen-bond acceptors (Lipinski definition) is 5. The second-order valence-corrected chi connectivity index (χ2v) is 6.40. The van der Waals surface area contributed by atoms with Crippen molar-refractivity contribution >= 4 is 23.2 Å². The number of ether oxygens (including phenoxy) is 2. The third kappa shape index (κ3) is 3.93. The summed E-state index contributed by atoms with van der Waals surface area (Å²) in [7, 11) is 1.58. The Kier molecular flexibility index (Phi) is 5.55. The summed E-state index contributed by atoms with van der Waals surface area (Å²) in [5.74, 6) is -0.450. The van der Waals surface area contributed by atoms with Crippen LogP contribution in [-0.4, -0.2) is 58.4 Å². The molecule has 0 aromatic heterocycles. The first-order valence-electron chi connectivity index (χ1n) is 8.68. The second kappa shape index (κ2) is 7.84. The van der Waals surface area contributed by atoms with Crippen LogP contribution in [0.5, 0.6) is 0 Å². The van der Waals surface area contributed by atoms with Gasteiger partial charge in [0, 0.05) is 26.7 Å². The first kappa shape index (κ1) is 17.7. The first-order chi connectivity index (χ1) is 12.2. The van der Waals surface area contributed by atoms with E-state index in [-0.39, 0.29) is 11.8 Å². The van der Waals surface area contributed by atoms with Gasteiger partial charge in [-0.15, -0.1) is 0 Å². The van der Waals surface area contributed by atoms with Gasteiger partial charge >= 0.3 is 0 Å². The predicted molar refractivity (Wildman–Crippen MR) is 94.7 cm³/mol. The highest BCUT2D eigenvalue weighted by Crippen LogP contribution is 2.47. The smallest absolute Gasteiger partial charge is 0.240 e. The van der Waals surface area contributed by atoms with Crippen molar-refractivity contribution in [2.75, 3.05) is 56.8 Å².